The minimum atomic E-state index is -2.84. The van der Waals surface area contributed by atoms with E-state index in [0.717, 1.165) is 22.3 Å². The average molecular weight is 437 g/mol. The van der Waals surface area contributed by atoms with Gasteiger partial charge in [0.1, 0.15) is 0 Å². The molecule has 1 amide bonds. The van der Waals surface area contributed by atoms with Crippen molar-refractivity contribution < 1.29 is 18.7 Å². The van der Waals surface area contributed by atoms with Gasteiger partial charge in [-0.05, 0) is 23.8 Å². The molecule has 0 fully saturated rings. The lowest BCUT2D eigenvalue weighted by Crippen LogP contribution is -2.14. The molecular weight excluding hydrogens is 422 g/mol. The van der Waals surface area contributed by atoms with Gasteiger partial charge in [0.15, 0.2) is 5.82 Å². The van der Waals surface area contributed by atoms with Gasteiger partial charge in [-0.2, -0.15) is 0 Å². The summed E-state index contributed by atoms with van der Waals surface area (Å²) in [7, 11) is 0. The predicted molar refractivity (Wildman–Crippen MR) is 98.5 cm³/mol. The third-order valence-electron chi connectivity index (χ3n) is 3.78. The average Bonchev–Trinajstić information content (AvgIpc) is 3.07. The smallest absolute Gasteiger partial charge is 0.265 e. The molecule has 6 nitrogen and oxygen atoms in total. The Labute approximate surface area is 162 Å². The van der Waals surface area contributed by atoms with E-state index in [9.17, 15) is 13.6 Å². The zero-order valence-corrected chi connectivity index (χ0v) is 15.5. The van der Waals surface area contributed by atoms with Gasteiger partial charge in [-0.15, -0.1) is 0 Å². The van der Waals surface area contributed by atoms with Gasteiger partial charge < -0.3 is 15.0 Å². The summed E-state index contributed by atoms with van der Waals surface area (Å²) in [4.78, 5) is 20.1. The Morgan fingerprint density at radius 2 is 2.11 bits per heavy atom. The molecule has 0 aliphatic carbocycles. The Morgan fingerprint density at radius 3 is 2.81 bits per heavy atom. The molecule has 0 radical (unpaired) electrons. The first-order valence-corrected chi connectivity index (χ1v) is 8.71. The second-order valence-corrected chi connectivity index (χ2v) is 6.65. The van der Waals surface area contributed by atoms with Gasteiger partial charge in [0.25, 0.3) is 12.3 Å². The Bertz CT molecular complexity index is 962. The van der Waals surface area contributed by atoms with Gasteiger partial charge in [-0.3, -0.25) is 9.78 Å². The number of aliphatic hydroxyl groups is 1. The van der Waals surface area contributed by atoms with E-state index in [2.05, 4.69) is 31.2 Å². The highest BCUT2D eigenvalue weighted by molar-refractivity contribution is 9.10. The molecule has 140 valence electrons. The number of alkyl halides is 2. The van der Waals surface area contributed by atoms with E-state index in [-0.39, 0.29) is 11.3 Å². The molecule has 0 saturated heterocycles. The van der Waals surface area contributed by atoms with Crippen LogP contribution in [0.25, 0.3) is 0 Å². The first kappa shape index (κ1) is 19.1. The van der Waals surface area contributed by atoms with Crippen molar-refractivity contribution in [2.24, 2.45) is 0 Å². The number of hydrogen-bond donors (Lipinski definition) is 2. The van der Waals surface area contributed by atoms with E-state index >= 15 is 0 Å². The minimum Gasteiger partial charge on any atom is -0.390 e. The molecule has 2 aromatic heterocycles. The normalized spacial score (nSPS) is 11.0. The van der Waals surface area contributed by atoms with E-state index in [0.29, 0.717) is 12.4 Å². The van der Waals surface area contributed by atoms with Crippen LogP contribution in [0.5, 0.6) is 0 Å². The molecule has 27 heavy (non-hydrogen) atoms. The van der Waals surface area contributed by atoms with Crippen LogP contribution in [-0.2, 0) is 13.2 Å². The van der Waals surface area contributed by atoms with Crippen molar-refractivity contribution in [1.82, 2.24) is 14.5 Å². The fourth-order valence-corrected chi connectivity index (χ4v) is 2.95. The highest BCUT2D eigenvalue weighted by Crippen LogP contribution is 2.23. The highest BCUT2D eigenvalue weighted by Gasteiger charge is 2.17. The maximum Gasteiger partial charge on any atom is 0.265 e. The van der Waals surface area contributed by atoms with Crippen LogP contribution in [0, 0.1) is 0 Å². The Kier molecular flexibility index (Phi) is 5.92. The molecular formula is C18H15BrF2N4O2. The van der Waals surface area contributed by atoms with E-state index in [4.69, 9.17) is 5.11 Å². The lowest BCUT2D eigenvalue weighted by atomic mass is 10.1. The number of anilines is 1. The molecule has 0 saturated carbocycles. The van der Waals surface area contributed by atoms with E-state index in [1.807, 2.05) is 24.3 Å². The summed E-state index contributed by atoms with van der Waals surface area (Å²) in [5, 5.41) is 11.6. The van der Waals surface area contributed by atoms with Crippen LogP contribution >= 0.6 is 15.9 Å². The number of carbonyl (C=O) groups is 1. The summed E-state index contributed by atoms with van der Waals surface area (Å²) in [5.74, 6) is -0.318. The van der Waals surface area contributed by atoms with Gasteiger partial charge in [0, 0.05) is 29.0 Å². The number of carbonyl (C=O) groups excluding carboxylic acids is 1. The van der Waals surface area contributed by atoms with Crippen molar-refractivity contribution in [1.29, 1.82) is 0 Å². The number of nitrogens with one attached hydrogen (secondary N) is 1. The first-order chi connectivity index (χ1) is 13.0. The fraction of sp³-hybridized carbons (Fsp3) is 0.167. The molecule has 2 N–H and O–H groups in total. The quantitative estimate of drug-likeness (QED) is 0.616. The predicted octanol–water partition coefficient (Wildman–Crippen LogP) is 3.77. The lowest BCUT2D eigenvalue weighted by molar-refractivity contribution is 0.102. The van der Waals surface area contributed by atoms with Crippen molar-refractivity contribution >= 4 is 27.7 Å². The number of aliphatic hydroxyl groups excluding tert-OH is 1. The summed E-state index contributed by atoms with van der Waals surface area (Å²) >= 11 is 3.41. The van der Waals surface area contributed by atoms with Crippen molar-refractivity contribution in [3.8, 4) is 0 Å². The van der Waals surface area contributed by atoms with Crippen LogP contribution < -0.4 is 5.32 Å². The molecule has 0 atom stereocenters. The Balaban J connectivity index is 1.71. The molecule has 2 heterocycles. The highest BCUT2D eigenvalue weighted by atomic mass is 79.9. The SMILES string of the molecule is O=C(Nc1cn(Cc2cccc(Br)c2)cn1)c1cnc(CO)c(C(F)F)c1. The summed E-state index contributed by atoms with van der Waals surface area (Å²) in [6.45, 7) is -0.0633. The van der Waals surface area contributed by atoms with Crippen molar-refractivity contribution in [3.63, 3.8) is 0 Å². The van der Waals surface area contributed by atoms with Crippen LogP contribution in [0.1, 0.15) is 33.6 Å². The molecule has 0 bridgehead atoms. The lowest BCUT2D eigenvalue weighted by Gasteiger charge is -2.08. The number of benzene rings is 1. The van der Waals surface area contributed by atoms with Gasteiger partial charge >= 0.3 is 0 Å². The van der Waals surface area contributed by atoms with Crippen LogP contribution in [0.2, 0.25) is 0 Å². The van der Waals surface area contributed by atoms with Crippen LogP contribution in [0.3, 0.4) is 0 Å². The zero-order valence-electron chi connectivity index (χ0n) is 13.9. The number of nitrogens with zero attached hydrogens (tertiary/aromatic N) is 3. The first-order valence-electron chi connectivity index (χ1n) is 7.91. The number of imidazole rings is 1. The van der Waals surface area contributed by atoms with Gasteiger partial charge in [-0.25, -0.2) is 13.8 Å². The monoisotopic (exact) mass is 436 g/mol. The van der Waals surface area contributed by atoms with Crippen molar-refractivity contribution in [2.45, 2.75) is 19.6 Å². The molecule has 0 aliphatic rings. The largest absolute Gasteiger partial charge is 0.390 e. The summed E-state index contributed by atoms with van der Waals surface area (Å²) in [6, 6.07) is 8.80. The van der Waals surface area contributed by atoms with E-state index in [1.54, 1.807) is 17.1 Å². The van der Waals surface area contributed by atoms with E-state index < -0.39 is 24.5 Å². The van der Waals surface area contributed by atoms with Crippen LogP contribution in [0.4, 0.5) is 14.6 Å². The molecule has 3 aromatic rings. The summed E-state index contributed by atoms with van der Waals surface area (Å²) in [6.07, 6.45) is 1.51. The number of rotatable bonds is 6. The molecule has 0 aliphatic heterocycles. The third kappa shape index (κ3) is 4.75. The fourth-order valence-electron chi connectivity index (χ4n) is 2.50. The second-order valence-electron chi connectivity index (χ2n) is 5.73. The number of halogens is 3. The third-order valence-corrected chi connectivity index (χ3v) is 4.27. The van der Waals surface area contributed by atoms with Gasteiger partial charge in [0.05, 0.1) is 24.2 Å². The maximum atomic E-state index is 13.0. The Morgan fingerprint density at radius 1 is 1.30 bits per heavy atom. The Hall–Kier alpha value is -2.65. The second kappa shape index (κ2) is 8.36. The van der Waals surface area contributed by atoms with E-state index in [1.165, 1.54) is 0 Å². The molecule has 1 aromatic carbocycles. The standard InChI is InChI=1S/C18H15BrF2N4O2/c19-13-3-1-2-11(4-13)7-25-8-16(23-10-25)24-18(27)12-5-14(17(20)21)15(9-26)22-6-12/h1-6,8,10,17,26H,7,9H2,(H,24,27). The van der Waals surface area contributed by atoms with Gasteiger partial charge in [0.2, 0.25) is 0 Å². The molecule has 9 heteroatoms. The molecule has 3 rings (SSSR count). The molecule has 0 spiro atoms. The van der Waals surface area contributed by atoms with Crippen molar-refractivity contribution in [2.75, 3.05) is 5.32 Å². The van der Waals surface area contributed by atoms with Gasteiger partial charge in [-0.1, -0.05) is 28.1 Å². The number of hydrogen-bond acceptors (Lipinski definition) is 4. The topological polar surface area (TPSA) is 80.0 Å². The number of aromatic nitrogens is 3. The van der Waals surface area contributed by atoms with Crippen LogP contribution in [-0.4, -0.2) is 25.5 Å². The van der Waals surface area contributed by atoms with Crippen molar-refractivity contribution in [3.05, 3.63) is 75.9 Å². The number of amides is 1. The minimum absolute atomic E-state index is 0.0379. The summed E-state index contributed by atoms with van der Waals surface area (Å²) < 4.78 is 28.8. The molecule has 0 unspecified atom stereocenters. The maximum absolute atomic E-state index is 13.0. The number of pyridine rings is 1. The summed E-state index contributed by atoms with van der Waals surface area (Å²) in [5.41, 5.74) is 0.388. The van der Waals surface area contributed by atoms with Crippen LogP contribution in [0.15, 0.2) is 53.5 Å². The zero-order chi connectivity index (χ0) is 19.4.